The van der Waals surface area contributed by atoms with Crippen LogP contribution in [-0.4, -0.2) is 71.8 Å². The van der Waals surface area contributed by atoms with Crippen LogP contribution in [0.4, 0.5) is 0 Å². The van der Waals surface area contributed by atoms with Crippen LogP contribution >= 0.6 is 23.2 Å². The van der Waals surface area contributed by atoms with Gasteiger partial charge in [-0.25, -0.2) is 4.98 Å². The van der Waals surface area contributed by atoms with E-state index in [-0.39, 0.29) is 16.9 Å². The Bertz CT molecular complexity index is 828. The van der Waals surface area contributed by atoms with Crippen LogP contribution in [0.15, 0.2) is 30.6 Å². The fraction of sp³-hybridized carbons (Fsp3) is 0.640. The predicted molar refractivity (Wildman–Crippen MR) is 138 cm³/mol. The largest absolute Gasteiger partial charge is 0.490 e. The van der Waals surface area contributed by atoms with E-state index < -0.39 is 0 Å². The van der Waals surface area contributed by atoms with Gasteiger partial charge in [-0.1, -0.05) is 25.8 Å². The Hall–Kier alpha value is -1.47. The summed E-state index contributed by atoms with van der Waals surface area (Å²) in [5.74, 6) is 2.73. The fourth-order valence-corrected chi connectivity index (χ4v) is 3.77. The van der Waals surface area contributed by atoms with Crippen molar-refractivity contribution in [3.63, 3.8) is 0 Å². The predicted octanol–water partition coefficient (Wildman–Crippen LogP) is 5.53. The van der Waals surface area contributed by atoms with E-state index in [1.165, 1.54) is 5.56 Å². The van der Waals surface area contributed by atoms with E-state index in [1.807, 2.05) is 63.5 Å². The minimum Gasteiger partial charge on any atom is -0.490 e. The molecule has 0 aliphatic heterocycles. The molecule has 0 aliphatic carbocycles. The first kappa shape index (κ1) is 27.8. The van der Waals surface area contributed by atoms with Gasteiger partial charge in [-0.05, 0) is 52.3 Å². The molecule has 2 aromatic rings. The molecule has 0 saturated heterocycles. The van der Waals surface area contributed by atoms with Gasteiger partial charge in [0.05, 0.1) is 24.2 Å². The maximum absolute atomic E-state index is 6.38. The van der Waals surface area contributed by atoms with E-state index in [4.69, 9.17) is 32.7 Å². The highest BCUT2D eigenvalue weighted by molar-refractivity contribution is 6.20. The summed E-state index contributed by atoms with van der Waals surface area (Å²) in [6.45, 7) is 3.23. The summed E-state index contributed by atoms with van der Waals surface area (Å²) >= 11 is 12.7. The number of benzene rings is 1. The summed E-state index contributed by atoms with van der Waals surface area (Å²) in [4.78, 5) is 8.58. The summed E-state index contributed by atoms with van der Waals surface area (Å²) in [5, 5.41) is 0. The molecule has 0 saturated carbocycles. The molecule has 2 rings (SSSR count). The number of hydrogen-bond donors (Lipinski definition) is 0. The topological polar surface area (TPSA) is 42.8 Å². The third-order valence-electron chi connectivity index (χ3n) is 5.73. The second-order valence-electron chi connectivity index (χ2n) is 8.87. The zero-order valence-electron chi connectivity index (χ0n) is 20.9. The molecule has 0 bridgehead atoms. The lowest BCUT2D eigenvalue weighted by molar-refractivity contribution is 0.232. The molecule has 186 valence electrons. The highest BCUT2D eigenvalue weighted by atomic mass is 35.5. The van der Waals surface area contributed by atoms with Gasteiger partial charge in [0.15, 0.2) is 11.5 Å². The number of aromatic nitrogens is 2. The molecule has 33 heavy (non-hydrogen) atoms. The molecule has 3 atom stereocenters. The van der Waals surface area contributed by atoms with Crippen LogP contribution in [0.2, 0.25) is 0 Å². The van der Waals surface area contributed by atoms with Gasteiger partial charge in [0.25, 0.3) is 0 Å². The molecule has 1 heterocycles. The highest BCUT2D eigenvalue weighted by Crippen LogP contribution is 2.36. The van der Waals surface area contributed by atoms with Crippen LogP contribution in [-0.2, 0) is 7.05 Å². The van der Waals surface area contributed by atoms with Gasteiger partial charge in [-0.2, -0.15) is 0 Å². The fourth-order valence-electron chi connectivity index (χ4n) is 3.59. The van der Waals surface area contributed by atoms with Crippen LogP contribution in [0.5, 0.6) is 11.5 Å². The van der Waals surface area contributed by atoms with Crippen molar-refractivity contribution in [3.8, 4) is 11.5 Å². The van der Waals surface area contributed by atoms with Crippen molar-refractivity contribution < 1.29 is 9.47 Å². The lowest BCUT2D eigenvalue weighted by atomic mass is 9.92. The molecule has 3 unspecified atom stereocenters. The Morgan fingerprint density at radius 3 is 2.06 bits per heavy atom. The third-order valence-corrected chi connectivity index (χ3v) is 6.95. The number of hydrogen-bond acceptors (Lipinski definition) is 5. The minimum atomic E-state index is -0.0838. The van der Waals surface area contributed by atoms with Crippen LogP contribution in [0.1, 0.15) is 56.3 Å². The summed E-state index contributed by atoms with van der Waals surface area (Å²) < 4.78 is 14.4. The van der Waals surface area contributed by atoms with E-state index in [1.54, 1.807) is 0 Å². The third kappa shape index (κ3) is 8.67. The lowest BCUT2D eigenvalue weighted by Crippen LogP contribution is -2.24. The number of aryl methyl sites for hydroxylation is 1. The number of halogens is 2. The van der Waals surface area contributed by atoms with Gasteiger partial charge in [0.2, 0.25) is 0 Å². The molecule has 6 nitrogen and oxygen atoms in total. The smallest absolute Gasteiger partial charge is 0.161 e. The number of ether oxygens (including phenoxy) is 2. The van der Waals surface area contributed by atoms with Gasteiger partial charge in [0, 0.05) is 38.2 Å². The zero-order chi connectivity index (χ0) is 24.4. The quantitative estimate of drug-likeness (QED) is 0.238. The Morgan fingerprint density at radius 1 is 0.939 bits per heavy atom. The van der Waals surface area contributed by atoms with Crippen molar-refractivity contribution in [3.05, 3.63) is 42.0 Å². The number of unbranched alkanes of at least 4 members (excludes halogenated alkanes) is 1. The summed E-state index contributed by atoms with van der Waals surface area (Å²) in [5.41, 5.74) is 1.02. The molecule has 1 aromatic carbocycles. The van der Waals surface area contributed by atoms with Crippen molar-refractivity contribution in [1.82, 2.24) is 19.4 Å². The summed E-state index contributed by atoms with van der Waals surface area (Å²) in [7, 11) is 9.90. The van der Waals surface area contributed by atoms with Crippen LogP contribution in [0.25, 0.3) is 0 Å². The van der Waals surface area contributed by atoms with E-state index >= 15 is 0 Å². The van der Waals surface area contributed by atoms with Crippen molar-refractivity contribution >= 4 is 23.2 Å². The van der Waals surface area contributed by atoms with Crippen molar-refractivity contribution in [2.24, 2.45) is 7.05 Å². The average Bonchev–Trinajstić information content (AvgIpc) is 3.20. The lowest BCUT2D eigenvalue weighted by Gasteiger charge is -2.22. The standard InChI is InChI=1S/C25H40Cl2N4O2/c1-7-8-9-20(25-28-14-15-31(25)6)19-10-11-21(32-16-12-23(26)29(2)3)22(18-19)33-17-13-24(27)30(4)5/h10-11,14-15,18,20,23-24H,7-9,12-13,16-17H2,1-6H3. The molecule has 0 aliphatic rings. The van der Waals surface area contributed by atoms with Crippen LogP contribution in [0.3, 0.4) is 0 Å². The molecule has 0 N–H and O–H groups in total. The van der Waals surface area contributed by atoms with Crippen LogP contribution in [0, 0.1) is 0 Å². The molecule has 1 aromatic heterocycles. The van der Waals surface area contributed by atoms with E-state index in [0.717, 1.165) is 36.6 Å². The monoisotopic (exact) mass is 498 g/mol. The Kier molecular flexibility index (Phi) is 11.8. The van der Waals surface area contributed by atoms with Gasteiger partial charge in [-0.15, -0.1) is 23.2 Å². The van der Waals surface area contributed by atoms with Gasteiger partial charge in [0.1, 0.15) is 5.82 Å². The van der Waals surface area contributed by atoms with Gasteiger partial charge >= 0.3 is 0 Å². The molecule has 0 spiro atoms. The number of imidazole rings is 1. The van der Waals surface area contributed by atoms with E-state index in [2.05, 4.69) is 28.6 Å². The van der Waals surface area contributed by atoms with Crippen molar-refractivity contribution in [2.45, 2.75) is 55.9 Å². The number of rotatable bonds is 15. The minimum absolute atomic E-state index is 0.0763. The number of alkyl halides is 2. The second kappa shape index (κ2) is 14.1. The molecule has 8 heteroatoms. The first-order valence-electron chi connectivity index (χ1n) is 11.7. The van der Waals surface area contributed by atoms with Crippen molar-refractivity contribution in [1.29, 1.82) is 0 Å². The first-order valence-corrected chi connectivity index (χ1v) is 12.6. The Morgan fingerprint density at radius 2 is 1.55 bits per heavy atom. The molecule has 0 radical (unpaired) electrons. The summed E-state index contributed by atoms with van der Waals surface area (Å²) in [6, 6.07) is 6.24. The van der Waals surface area contributed by atoms with E-state index in [9.17, 15) is 0 Å². The maximum atomic E-state index is 6.38. The Labute approximate surface area is 209 Å². The second-order valence-corrected chi connectivity index (χ2v) is 9.88. The molecule has 0 amide bonds. The maximum Gasteiger partial charge on any atom is 0.161 e. The normalized spacial score (nSPS) is 14.5. The number of nitrogens with zero attached hydrogens (tertiary/aromatic N) is 4. The first-order chi connectivity index (χ1) is 15.7. The summed E-state index contributed by atoms with van der Waals surface area (Å²) in [6.07, 6.45) is 8.58. The van der Waals surface area contributed by atoms with Crippen LogP contribution < -0.4 is 9.47 Å². The molecular weight excluding hydrogens is 459 g/mol. The average molecular weight is 500 g/mol. The van der Waals surface area contributed by atoms with E-state index in [0.29, 0.717) is 26.1 Å². The molecule has 0 fully saturated rings. The van der Waals surface area contributed by atoms with Crippen molar-refractivity contribution in [2.75, 3.05) is 41.4 Å². The van der Waals surface area contributed by atoms with Gasteiger partial charge in [-0.3, -0.25) is 9.80 Å². The highest BCUT2D eigenvalue weighted by Gasteiger charge is 2.21. The Balaban J connectivity index is 2.25. The zero-order valence-corrected chi connectivity index (χ0v) is 22.4. The van der Waals surface area contributed by atoms with Gasteiger partial charge < -0.3 is 14.0 Å². The SMILES string of the molecule is CCCCC(c1ccc(OCCC(Cl)N(C)C)c(OCCC(Cl)N(C)C)c1)c1nccn1C. The molecular formula is C25H40Cl2N4O2.